The zero-order valence-electron chi connectivity index (χ0n) is 8.19. The molecule has 0 radical (unpaired) electrons. The first-order chi connectivity index (χ1) is 6.04. The Labute approximate surface area is 79.9 Å². The van der Waals surface area contributed by atoms with Gasteiger partial charge in [0.1, 0.15) is 0 Å². The van der Waals surface area contributed by atoms with Crippen molar-refractivity contribution in [1.82, 2.24) is 4.31 Å². The Morgan fingerprint density at radius 1 is 1.46 bits per heavy atom. The first kappa shape index (κ1) is 12.8. The summed E-state index contributed by atoms with van der Waals surface area (Å²) in [5, 5.41) is 0. The molecule has 0 bridgehead atoms. The maximum absolute atomic E-state index is 11.3. The van der Waals surface area contributed by atoms with Gasteiger partial charge >= 0.3 is 0 Å². The molecule has 0 atom stereocenters. The van der Waals surface area contributed by atoms with E-state index in [9.17, 15) is 8.42 Å². The summed E-state index contributed by atoms with van der Waals surface area (Å²) < 4.78 is 28.8. The van der Waals surface area contributed by atoms with Crippen LogP contribution in [-0.2, 0) is 14.8 Å². The smallest absolute Gasteiger partial charge is 0.215 e. The Bertz CT molecular complexity index is 216. The predicted molar refractivity (Wildman–Crippen MR) is 52.0 cm³/mol. The van der Waals surface area contributed by atoms with Crippen LogP contribution < -0.4 is 5.73 Å². The number of sulfonamides is 1. The Kier molecular flexibility index (Phi) is 6.23. The van der Waals surface area contributed by atoms with Gasteiger partial charge in [0, 0.05) is 33.9 Å². The molecule has 13 heavy (non-hydrogen) atoms. The maximum Gasteiger partial charge on any atom is 0.215 e. The number of hydrogen-bond donors (Lipinski definition) is 1. The molecule has 0 saturated heterocycles. The first-order valence-corrected chi connectivity index (χ1v) is 5.78. The van der Waals surface area contributed by atoms with Crippen LogP contribution in [0.25, 0.3) is 0 Å². The van der Waals surface area contributed by atoms with E-state index in [0.717, 1.165) is 0 Å². The van der Waals surface area contributed by atoms with Gasteiger partial charge in [0.05, 0.1) is 5.75 Å². The van der Waals surface area contributed by atoms with Gasteiger partial charge in [0.15, 0.2) is 0 Å². The summed E-state index contributed by atoms with van der Waals surface area (Å²) in [4.78, 5) is 0. The molecule has 80 valence electrons. The highest BCUT2D eigenvalue weighted by Crippen LogP contribution is 1.98. The van der Waals surface area contributed by atoms with Gasteiger partial charge in [-0.15, -0.1) is 0 Å². The van der Waals surface area contributed by atoms with Crippen molar-refractivity contribution in [3.05, 3.63) is 0 Å². The lowest BCUT2D eigenvalue weighted by atomic mass is 10.5. The molecule has 5 nitrogen and oxygen atoms in total. The van der Waals surface area contributed by atoms with Crippen LogP contribution in [0.5, 0.6) is 0 Å². The lowest BCUT2D eigenvalue weighted by Gasteiger charge is -2.15. The molecule has 0 aromatic rings. The highest BCUT2D eigenvalue weighted by Gasteiger charge is 2.15. The molecule has 0 rings (SSSR count). The van der Waals surface area contributed by atoms with E-state index in [4.69, 9.17) is 10.5 Å². The van der Waals surface area contributed by atoms with Gasteiger partial charge in [-0.2, -0.15) is 0 Å². The highest BCUT2D eigenvalue weighted by molar-refractivity contribution is 7.89. The zero-order chi connectivity index (χ0) is 10.3. The van der Waals surface area contributed by atoms with Gasteiger partial charge in [-0.05, 0) is 6.42 Å². The van der Waals surface area contributed by atoms with E-state index in [1.807, 2.05) is 0 Å². The van der Waals surface area contributed by atoms with E-state index in [1.165, 1.54) is 4.31 Å². The second-order valence-corrected chi connectivity index (χ2v) is 4.97. The number of hydrogen-bond acceptors (Lipinski definition) is 4. The first-order valence-electron chi connectivity index (χ1n) is 4.17. The molecule has 0 fully saturated rings. The average molecular weight is 210 g/mol. The SMILES string of the molecule is COCCCN(C)S(=O)(=O)CCN. The molecule has 0 aliphatic rings. The molecule has 0 unspecified atom stereocenters. The van der Waals surface area contributed by atoms with Gasteiger partial charge in [0.2, 0.25) is 10.0 Å². The lowest BCUT2D eigenvalue weighted by molar-refractivity contribution is 0.189. The predicted octanol–water partition coefficient (Wildman–Crippen LogP) is -0.757. The van der Waals surface area contributed by atoms with E-state index in [2.05, 4.69) is 0 Å². The molecule has 0 aromatic heterocycles. The Morgan fingerprint density at radius 3 is 2.54 bits per heavy atom. The van der Waals surface area contributed by atoms with Crippen LogP contribution in [0.4, 0.5) is 0 Å². The summed E-state index contributed by atoms with van der Waals surface area (Å²) in [6.07, 6.45) is 0.705. The van der Waals surface area contributed by atoms with Crippen molar-refractivity contribution in [1.29, 1.82) is 0 Å². The molecule has 0 saturated carbocycles. The molecular weight excluding hydrogens is 192 g/mol. The van der Waals surface area contributed by atoms with Crippen LogP contribution in [0, 0.1) is 0 Å². The van der Waals surface area contributed by atoms with Gasteiger partial charge in [-0.3, -0.25) is 0 Å². The van der Waals surface area contributed by atoms with Crippen LogP contribution in [-0.4, -0.2) is 52.3 Å². The largest absolute Gasteiger partial charge is 0.385 e. The maximum atomic E-state index is 11.3. The normalized spacial score (nSPS) is 12.3. The molecular formula is C7H18N2O3S. The second-order valence-electron chi connectivity index (χ2n) is 2.77. The van der Waals surface area contributed by atoms with Gasteiger partial charge in [0.25, 0.3) is 0 Å². The van der Waals surface area contributed by atoms with Crippen LogP contribution in [0.3, 0.4) is 0 Å². The summed E-state index contributed by atoms with van der Waals surface area (Å²) in [6.45, 7) is 1.22. The van der Waals surface area contributed by atoms with E-state index >= 15 is 0 Å². The molecule has 0 aromatic carbocycles. The summed E-state index contributed by atoms with van der Waals surface area (Å²) >= 11 is 0. The third kappa shape index (κ3) is 5.20. The fourth-order valence-electron chi connectivity index (χ4n) is 0.875. The minimum absolute atomic E-state index is 0.0104. The van der Waals surface area contributed by atoms with Crippen LogP contribution in [0.15, 0.2) is 0 Å². The van der Waals surface area contributed by atoms with Crippen LogP contribution >= 0.6 is 0 Å². The van der Waals surface area contributed by atoms with E-state index < -0.39 is 10.0 Å². The van der Waals surface area contributed by atoms with E-state index in [-0.39, 0.29) is 12.3 Å². The monoisotopic (exact) mass is 210 g/mol. The molecule has 0 aliphatic heterocycles. The van der Waals surface area contributed by atoms with Crippen molar-refractivity contribution >= 4 is 10.0 Å². The van der Waals surface area contributed by atoms with Crippen molar-refractivity contribution in [2.24, 2.45) is 5.73 Å². The van der Waals surface area contributed by atoms with Gasteiger partial charge < -0.3 is 10.5 Å². The molecule has 0 heterocycles. The molecule has 0 spiro atoms. The number of nitrogens with zero attached hydrogens (tertiary/aromatic N) is 1. The minimum atomic E-state index is -3.14. The topological polar surface area (TPSA) is 72.6 Å². The molecule has 6 heteroatoms. The third-order valence-electron chi connectivity index (χ3n) is 1.67. The minimum Gasteiger partial charge on any atom is -0.385 e. The molecule has 2 N–H and O–H groups in total. The summed E-state index contributed by atoms with van der Waals surface area (Å²) in [5.74, 6) is 0.0104. The lowest BCUT2D eigenvalue weighted by Crippen LogP contribution is -2.33. The standard InChI is InChI=1S/C7H18N2O3S/c1-9(5-3-6-12-2)13(10,11)7-4-8/h3-8H2,1-2H3. The Balaban J connectivity index is 3.87. The Hall–Kier alpha value is -0.170. The number of methoxy groups -OCH3 is 1. The van der Waals surface area contributed by atoms with Crippen LogP contribution in [0.1, 0.15) is 6.42 Å². The fourth-order valence-corrected chi connectivity index (χ4v) is 1.89. The molecule has 0 aliphatic carbocycles. The summed E-state index contributed by atoms with van der Waals surface area (Å²) in [5.41, 5.74) is 5.18. The number of nitrogens with two attached hydrogens (primary N) is 1. The van der Waals surface area contributed by atoms with Crippen molar-refractivity contribution in [2.75, 3.05) is 39.6 Å². The van der Waals surface area contributed by atoms with Crippen molar-refractivity contribution in [3.8, 4) is 0 Å². The second kappa shape index (κ2) is 6.31. The average Bonchev–Trinajstić information content (AvgIpc) is 2.04. The quantitative estimate of drug-likeness (QED) is 0.561. The summed E-state index contributed by atoms with van der Waals surface area (Å²) in [6, 6.07) is 0. The van der Waals surface area contributed by atoms with Crippen molar-refractivity contribution in [3.63, 3.8) is 0 Å². The fraction of sp³-hybridized carbons (Fsp3) is 1.00. The third-order valence-corrected chi connectivity index (χ3v) is 3.56. The van der Waals surface area contributed by atoms with E-state index in [0.29, 0.717) is 19.6 Å². The van der Waals surface area contributed by atoms with Crippen LogP contribution in [0.2, 0.25) is 0 Å². The van der Waals surface area contributed by atoms with Crippen molar-refractivity contribution in [2.45, 2.75) is 6.42 Å². The van der Waals surface area contributed by atoms with Crippen molar-refractivity contribution < 1.29 is 13.2 Å². The molecule has 0 amide bonds. The number of ether oxygens (including phenoxy) is 1. The zero-order valence-corrected chi connectivity index (χ0v) is 9.01. The Morgan fingerprint density at radius 2 is 2.08 bits per heavy atom. The van der Waals surface area contributed by atoms with Gasteiger partial charge in [-0.25, -0.2) is 12.7 Å². The van der Waals surface area contributed by atoms with Gasteiger partial charge in [-0.1, -0.05) is 0 Å². The highest BCUT2D eigenvalue weighted by atomic mass is 32.2. The summed E-state index contributed by atoms with van der Waals surface area (Å²) in [7, 11) is 0.00982. The number of rotatable bonds is 7. The van der Waals surface area contributed by atoms with E-state index in [1.54, 1.807) is 14.2 Å².